The van der Waals surface area contributed by atoms with Crippen molar-refractivity contribution >= 4 is 11.6 Å². The monoisotopic (exact) mass is 211 g/mol. The summed E-state index contributed by atoms with van der Waals surface area (Å²) in [6.45, 7) is 2.52. The molecule has 0 saturated heterocycles. The molecule has 1 aromatic rings. The van der Waals surface area contributed by atoms with Gasteiger partial charge in [0, 0.05) is 13.8 Å². The minimum atomic E-state index is -0.343. The first-order valence-corrected chi connectivity index (χ1v) is 4.34. The van der Waals surface area contributed by atoms with Crippen LogP contribution in [0.2, 0.25) is 0 Å². The van der Waals surface area contributed by atoms with Gasteiger partial charge in [-0.25, -0.2) is 0 Å². The number of Topliss-reactive ketones (excluding diaryl/α,β-unsaturated/α-hetero) is 2. The molecule has 0 aromatic carbocycles. The van der Waals surface area contributed by atoms with Gasteiger partial charge in [0.1, 0.15) is 6.54 Å². The van der Waals surface area contributed by atoms with Crippen molar-refractivity contribution < 1.29 is 19.4 Å². The number of hydrogen-bond donors (Lipinski definition) is 1. The summed E-state index contributed by atoms with van der Waals surface area (Å²) in [4.78, 5) is 22.0. The summed E-state index contributed by atoms with van der Waals surface area (Å²) in [6, 6.07) is 0. The van der Waals surface area contributed by atoms with Gasteiger partial charge in [-0.1, -0.05) is 5.10 Å². The van der Waals surface area contributed by atoms with Crippen LogP contribution in [0.15, 0.2) is 0 Å². The highest BCUT2D eigenvalue weighted by molar-refractivity contribution is 5.90. The molecule has 1 rings (SSSR count). The van der Waals surface area contributed by atoms with Gasteiger partial charge < -0.3 is 5.11 Å². The highest BCUT2D eigenvalue weighted by Gasteiger charge is 2.22. The lowest BCUT2D eigenvalue weighted by molar-refractivity contribution is -0.760. The summed E-state index contributed by atoms with van der Waals surface area (Å²) in [5, 5.41) is 19.6. The molecule has 80 valence electrons. The molecule has 0 atom stereocenters. The normalized spacial score (nSPS) is 10.1. The Labute approximate surface area is 85.8 Å². The van der Waals surface area contributed by atoms with E-state index in [-0.39, 0.29) is 36.4 Å². The maximum Gasteiger partial charge on any atom is 0.413 e. The molecule has 0 spiro atoms. The van der Waals surface area contributed by atoms with E-state index < -0.39 is 0 Å². The maximum atomic E-state index is 11.1. The Kier molecular flexibility index (Phi) is 3.51. The van der Waals surface area contributed by atoms with Crippen LogP contribution in [0.4, 0.5) is 0 Å². The molecule has 1 N–H and O–H groups in total. The number of carbonyl (C=O) groups excluding carboxylic acids is 2. The fraction of sp³-hybridized carbons (Fsp3) is 0.500. The van der Waals surface area contributed by atoms with Gasteiger partial charge in [0.2, 0.25) is 11.6 Å². The summed E-state index contributed by atoms with van der Waals surface area (Å²) in [6.07, 6.45) is 0. The number of rotatable bonds is 4. The lowest BCUT2D eigenvalue weighted by Gasteiger charge is -1.97. The summed E-state index contributed by atoms with van der Waals surface area (Å²) in [5.74, 6) is -0.717. The van der Waals surface area contributed by atoms with Crippen molar-refractivity contribution in [1.29, 1.82) is 0 Å². The van der Waals surface area contributed by atoms with Crippen molar-refractivity contribution in [3.05, 3.63) is 11.6 Å². The SMILES string of the molecule is CC(=O)c1nnc(C(C)=O)[n+](CCO)n1. The molecule has 15 heavy (non-hydrogen) atoms. The second-order valence-electron chi connectivity index (χ2n) is 2.91. The Balaban J connectivity index is 3.20. The minimum absolute atomic E-state index is 0.0223. The molecule has 0 fully saturated rings. The van der Waals surface area contributed by atoms with E-state index in [0.29, 0.717) is 0 Å². The van der Waals surface area contributed by atoms with Crippen molar-refractivity contribution in [3.63, 3.8) is 0 Å². The second-order valence-corrected chi connectivity index (χ2v) is 2.91. The van der Waals surface area contributed by atoms with Crippen LogP contribution in [0.1, 0.15) is 35.1 Å². The van der Waals surface area contributed by atoms with Gasteiger partial charge in [-0.2, -0.15) is 0 Å². The second kappa shape index (κ2) is 4.65. The summed E-state index contributed by atoms with van der Waals surface area (Å²) in [5.41, 5.74) is 0. The van der Waals surface area contributed by atoms with Crippen LogP contribution in [0, 0.1) is 0 Å². The molecule has 0 saturated carbocycles. The van der Waals surface area contributed by atoms with E-state index >= 15 is 0 Å². The maximum absolute atomic E-state index is 11.1. The zero-order chi connectivity index (χ0) is 11.4. The number of carbonyl (C=O) groups is 2. The highest BCUT2D eigenvalue weighted by atomic mass is 16.3. The first-order valence-electron chi connectivity index (χ1n) is 4.34. The van der Waals surface area contributed by atoms with Crippen molar-refractivity contribution in [2.45, 2.75) is 20.4 Å². The van der Waals surface area contributed by atoms with Gasteiger partial charge in [-0.15, -0.1) is 4.68 Å². The van der Waals surface area contributed by atoms with Crippen molar-refractivity contribution in [2.75, 3.05) is 6.61 Å². The van der Waals surface area contributed by atoms with Gasteiger partial charge in [0.15, 0.2) is 0 Å². The molecule has 0 aliphatic heterocycles. The number of nitrogens with zero attached hydrogens (tertiary/aromatic N) is 4. The Hall–Kier alpha value is -1.76. The molecule has 1 heterocycles. The van der Waals surface area contributed by atoms with Crippen LogP contribution in [-0.2, 0) is 6.54 Å². The third-order valence-electron chi connectivity index (χ3n) is 1.64. The van der Waals surface area contributed by atoms with Crippen molar-refractivity contribution in [2.24, 2.45) is 0 Å². The number of aliphatic hydroxyl groups excluding tert-OH is 1. The average Bonchev–Trinajstić information content (AvgIpc) is 2.17. The Morgan fingerprint density at radius 3 is 2.40 bits per heavy atom. The van der Waals surface area contributed by atoms with Crippen LogP contribution < -0.4 is 4.68 Å². The van der Waals surface area contributed by atoms with Gasteiger partial charge in [-0.3, -0.25) is 9.59 Å². The number of aromatic nitrogens is 4. The Bertz CT molecular complexity index is 405. The summed E-state index contributed by atoms with van der Waals surface area (Å²) >= 11 is 0. The van der Waals surface area contributed by atoms with E-state index in [1.54, 1.807) is 0 Å². The first-order chi connectivity index (χ1) is 7.06. The van der Waals surface area contributed by atoms with E-state index in [2.05, 4.69) is 15.3 Å². The lowest BCUT2D eigenvalue weighted by Crippen LogP contribution is -2.48. The van der Waals surface area contributed by atoms with E-state index in [9.17, 15) is 9.59 Å². The van der Waals surface area contributed by atoms with Crippen LogP contribution in [0.5, 0.6) is 0 Å². The topological polar surface area (TPSA) is 96.9 Å². The van der Waals surface area contributed by atoms with Gasteiger partial charge in [0.05, 0.1) is 11.7 Å². The largest absolute Gasteiger partial charge is 0.413 e. The molecule has 7 heteroatoms. The molecular weight excluding hydrogens is 200 g/mol. The van der Waals surface area contributed by atoms with Crippen LogP contribution in [0.25, 0.3) is 0 Å². The standard InChI is InChI=1S/C8H11N4O3/c1-5(14)7-9-10-8(6(2)15)12(11-7)3-4-13/h13H,3-4H2,1-2H3/q+1. The molecule has 7 nitrogen and oxygen atoms in total. The zero-order valence-corrected chi connectivity index (χ0v) is 8.47. The van der Waals surface area contributed by atoms with Crippen LogP contribution in [-0.4, -0.2) is 38.6 Å². The fourth-order valence-corrected chi connectivity index (χ4v) is 0.972. The lowest BCUT2D eigenvalue weighted by atomic mass is 10.4. The molecular formula is C8H11N4O3+. The minimum Gasteiger partial charge on any atom is -0.392 e. The van der Waals surface area contributed by atoms with Gasteiger partial charge in [0.25, 0.3) is 5.82 Å². The van der Waals surface area contributed by atoms with Crippen LogP contribution in [0.3, 0.4) is 0 Å². The van der Waals surface area contributed by atoms with Crippen molar-refractivity contribution in [3.8, 4) is 0 Å². The number of aliphatic hydroxyl groups is 1. The predicted molar refractivity (Wildman–Crippen MR) is 47.1 cm³/mol. The average molecular weight is 211 g/mol. The molecule has 0 bridgehead atoms. The predicted octanol–water partition coefficient (Wildman–Crippen LogP) is -1.44. The van der Waals surface area contributed by atoms with Crippen molar-refractivity contribution in [1.82, 2.24) is 15.3 Å². The fourth-order valence-electron chi connectivity index (χ4n) is 0.972. The molecule has 0 amide bonds. The molecule has 0 unspecified atom stereocenters. The Morgan fingerprint density at radius 2 is 1.93 bits per heavy atom. The first kappa shape index (κ1) is 11.3. The molecule has 0 radical (unpaired) electrons. The van der Waals surface area contributed by atoms with Crippen LogP contribution >= 0.6 is 0 Å². The highest BCUT2D eigenvalue weighted by Crippen LogP contribution is 1.88. The number of hydrogen-bond acceptors (Lipinski definition) is 6. The molecule has 0 aliphatic carbocycles. The van der Waals surface area contributed by atoms with Gasteiger partial charge >= 0.3 is 5.82 Å². The van der Waals surface area contributed by atoms with E-state index in [1.807, 2.05) is 0 Å². The third-order valence-corrected chi connectivity index (χ3v) is 1.64. The van der Waals surface area contributed by atoms with E-state index in [1.165, 1.54) is 18.5 Å². The number of ketones is 2. The smallest absolute Gasteiger partial charge is 0.392 e. The third kappa shape index (κ3) is 2.59. The zero-order valence-electron chi connectivity index (χ0n) is 8.47. The summed E-state index contributed by atoms with van der Waals surface area (Å²) in [7, 11) is 0. The van der Waals surface area contributed by atoms with E-state index in [4.69, 9.17) is 5.11 Å². The Morgan fingerprint density at radius 1 is 1.27 bits per heavy atom. The quantitative estimate of drug-likeness (QED) is 0.483. The van der Waals surface area contributed by atoms with E-state index in [0.717, 1.165) is 0 Å². The summed E-state index contributed by atoms with van der Waals surface area (Å²) < 4.78 is 1.17. The molecule has 0 aliphatic rings. The van der Waals surface area contributed by atoms with Gasteiger partial charge in [-0.05, 0) is 5.10 Å². The molecule has 1 aromatic heterocycles.